The van der Waals surface area contributed by atoms with Gasteiger partial charge in [0.2, 0.25) is 5.91 Å². The first-order valence-electron chi connectivity index (χ1n) is 13.6. The van der Waals surface area contributed by atoms with Crippen LogP contribution in [0.25, 0.3) is 10.9 Å². The van der Waals surface area contributed by atoms with Gasteiger partial charge in [0.25, 0.3) is 11.8 Å². The summed E-state index contributed by atoms with van der Waals surface area (Å²) in [4.78, 5) is 50.5. The lowest BCUT2D eigenvalue weighted by Crippen LogP contribution is -2.37. The second-order valence-corrected chi connectivity index (χ2v) is 10.3. The number of amides is 3. The van der Waals surface area contributed by atoms with E-state index in [1.54, 1.807) is 36.5 Å². The Labute approximate surface area is 242 Å². The number of hydrogen-bond donors (Lipinski definition) is 1. The highest BCUT2D eigenvalue weighted by molar-refractivity contribution is 6.09. The van der Waals surface area contributed by atoms with Crippen LogP contribution >= 0.6 is 0 Å². The number of nitrogens with one attached hydrogen (secondary N) is 1. The number of likely N-dealkylation sites (N-methyl/N-ethyl adjacent to an activating group) is 1. The summed E-state index contributed by atoms with van der Waals surface area (Å²) in [5, 5.41) is 8.33. The number of hydrogen-bond acceptors (Lipinski definition) is 6. The summed E-state index contributed by atoms with van der Waals surface area (Å²) in [7, 11) is 1.64. The van der Waals surface area contributed by atoms with Gasteiger partial charge in [0.1, 0.15) is 6.54 Å². The van der Waals surface area contributed by atoms with Gasteiger partial charge in [-0.3, -0.25) is 29.0 Å². The zero-order chi connectivity index (χ0) is 29.2. The molecule has 0 saturated heterocycles. The molecule has 3 aromatic carbocycles. The van der Waals surface area contributed by atoms with Crippen LogP contribution < -0.4 is 10.2 Å². The van der Waals surface area contributed by atoms with Gasteiger partial charge in [-0.2, -0.15) is 5.10 Å². The third kappa shape index (κ3) is 5.34. The molecule has 0 fully saturated rings. The van der Waals surface area contributed by atoms with Crippen molar-refractivity contribution in [2.24, 2.45) is 0 Å². The highest BCUT2D eigenvalue weighted by atomic mass is 16.2. The Morgan fingerprint density at radius 1 is 0.881 bits per heavy atom. The molecule has 0 atom stereocenters. The van der Waals surface area contributed by atoms with Crippen molar-refractivity contribution in [2.45, 2.75) is 26.6 Å². The van der Waals surface area contributed by atoms with E-state index in [0.717, 1.165) is 27.7 Å². The maximum absolute atomic E-state index is 13.1. The van der Waals surface area contributed by atoms with Crippen LogP contribution in [0.1, 0.15) is 43.4 Å². The zero-order valence-corrected chi connectivity index (χ0v) is 23.3. The van der Waals surface area contributed by atoms with Gasteiger partial charge in [-0.25, -0.2) is 0 Å². The first-order valence-corrected chi connectivity index (χ1v) is 13.6. The molecule has 1 aliphatic heterocycles. The molecular weight excluding hydrogens is 530 g/mol. The van der Waals surface area contributed by atoms with Crippen molar-refractivity contribution >= 4 is 34.3 Å². The summed E-state index contributed by atoms with van der Waals surface area (Å²) in [6.45, 7) is 2.94. The average Bonchev–Trinajstić information content (AvgIpc) is 3.34. The third-order valence-corrected chi connectivity index (χ3v) is 7.28. The lowest BCUT2D eigenvalue weighted by atomic mass is 10.1. The molecule has 10 heteroatoms. The van der Waals surface area contributed by atoms with Crippen LogP contribution in [0.5, 0.6) is 0 Å². The number of rotatable bonds is 7. The molecule has 0 saturated carbocycles. The van der Waals surface area contributed by atoms with Gasteiger partial charge >= 0.3 is 0 Å². The van der Waals surface area contributed by atoms with E-state index in [0.29, 0.717) is 35.7 Å². The largest absolute Gasteiger partial charge is 0.345 e. The number of nitrogens with zero attached hydrogens (tertiary/aromatic N) is 6. The molecule has 2 aromatic heterocycles. The Morgan fingerprint density at radius 2 is 1.60 bits per heavy atom. The Bertz CT molecular complexity index is 1800. The van der Waals surface area contributed by atoms with Crippen LogP contribution in [-0.4, -0.2) is 56.0 Å². The average molecular weight is 560 g/mol. The summed E-state index contributed by atoms with van der Waals surface area (Å²) in [6.07, 6.45) is 3.32. The number of anilines is 1. The van der Waals surface area contributed by atoms with E-state index in [9.17, 15) is 14.4 Å². The van der Waals surface area contributed by atoms with Crippen molar-refractivity contribution < 1.29 is 14.4 Å². The van der Waals surface area contributed by atoms with Gasteiger partial charge in [0.15, 0.2) is 5.69 Å². The van der Waals surface area contributed by atoms with Gasteiger partial charge in [0.05, 0.1) is 54.0 Å². The number of carbonyl (C=O) groups excluding carboxylic acids is 3. The van der Waals surface area contributed by atoms with Crippen molar-refractivity contribution in [2.75, 3.05) is 18.5 Å². The fraction of sp³-hybridized carbons (Fsp3) is 0.188. The molecule has 5 aromatic rings. The van der Waals surface area contributed by atoms with Crippen LogP contribution in [0.4, 0.5) is 5.69 Å². The SMILES string of the molecule is Cc1cnc(CNC(=O)c2nn(Cc3ccc(CN4C(=O)CN(C)C(=O)c5ccccc54)cc3)c3ccccc23)cn1. The molecule has 3 heterocycles. The molecule has 3 amide bonds. The molecule has 1 N–H and O–H groups in total. The first-order chi connectivity index (χ1) is 20.4. The summed E-state index contributed by atoms with van der Waals surface area (Å²) >= 11 is 0. The smallest absolute Gasteiger partial charge is 0.272 e. The van der Waals surface area contributed by atoms with E-state index < -0.39 is 0 Å². The highest BCUT2D eigenvalue weighted by Crippen LogP contribution is 2.27. The minimum Gasteiger partial charge on any atom is -0.345 e. The Balaban J connectivity index is 1.19. The van der Waals surface area contributed by atoms with E-state index in [4.69, 9.17) is 0 Å². The number of aryl methyl sites for hydroxylation is 1. The van der Waals surface area contributed by atoms with E-state index in [1.807, 2.05) is 72.3 Å². The molecule has 0 spiro atoms. The van der Waals surface area contributed by atoms with Crippen molar-refractivity contribution in [1.29, 1.82) is 0 Å². The van der Waals surface area contributed by atoms with Crippen LogP contribution in [0.2, 0.25) is 0 Å². The summed E-state index contributed by atoms with van der Waals surface area (Å²) < 4.78 is 1.82. The maximum Gasteiger partial charge on any atom is 0.272 e. The quantitative estimate of drug-likeness (QED) is 0.325. The minimum atomic E-state index is -0.283. The van der Waals surface area contributed by atoms with E-state index >= 15 is 0 Å². The topological polar surface area (TPSA) is 113 Å². The van der Waals surface area contributed by atoms with Gasteiger partial charge < -0.3 is 15.1 Å². The molecule has 1 aliphatic rings. The van der Waals surface area contributed by atoms with Gasteiger partial charge in [0, 0.05) is 18.6 Å². The fourth-order valence-corrected chi connectivity index (χ4v) is 5.05. The lowest BCUT2D eigenvalue weighted by molar-refractivity contribution is -0.119. The van der Waals surface area contributed by atoms with Gasteiger partial charge in [-0.15, -0.1) is 0 Å². The number of benzene rings is 3. The molecule has 0 unspecified atom stereocenters. The molecule has 0 radical (unpaired) electrons. The van der Waals surface area contributed by atoms with Crippen LogP contribution in [-0.2, 0) is 24.4 Å². The third-order valence-electron chi connectivity index (χ3n) is 7.28. The first kappa shape index (κ1) is 26.8. The van der Waals surface area contributed by atoms with Crippen LogP contribution in [0.3, 0.4) is 0 Å². The monoisotopic (exact) mass is 559 g/mol. The number of aromatic nitrogens is 4. The second-order valence-electron chi connectivity index (χ2n) is 10.3. The van der Waals surface area contributed by atoms with Crippen molar-refractivity contribution in [3.63, 3.8) is 0 Å². The highest BCUT2D eigenvalue weighted by Gasteiger charge is 2.29. The van der Waals surface area contributed by atoms with Crippen LogP contribution in [0.15, 0.2) is 85.2 Å². The summed E-state index contributed by atoms with van der Waals surface area (Å²) in [5.41, 5.74) is 5.73. The number of para-hydroxylation sites is 2. The molecule has 0 aliphatic carbocycles. The number of carbonyl (C=O) groups is 3. The molecule has 6 rings (SSSR count). The lowest BCUT2D eigenvalue weighted by Gasteiger charge is -2.22. The van der Waals surface area contributed by atoms with E-state index in [1.165, 1.54) is 4.90 Å². The zero-order valence-electron chi connectivity index (χ0n) is 23.3. The minimum absolute atomic E-state index is 0.0201. The summed E-state index contributed by atoms with van der Waals surface area (Å²) in [6, 6.07) is 22.8. The predicted octanol–water partition coefficient (Wildman–Crippen LogP) is 3.73. The van der Waals surface area contributed by atoms with Crippen molar-refractivity contribution in [3.05, 3.63) is 119 Å². The number of fused-ring (bicyclic) bond motifs is 2. The van der Waals surface area contributed by atoms with Crippen molar-refractivity contribution in [3.8, 4) is 0 Å². The summed E-state index contributed by atoms with van der Waals surface area (Å²) in [5.74, 6) is -0.586. The molecular formula is C32H29N7O3. The van der Waals surface area contributed by atoms with E-state index in [-0.39, 0.29) is 30.8 Å². The standard InChI is InChI=1S/C32H29N7O3/c1-21-15-34-24(16-33-21)17-35-31(41)30-25-7-3-6-10-28(25)39(36-30)19-23-13-11-22(12-14-23)18-38-27-9-5-4-8-26(27)32(42)37(2)20-29(38)40/h3-16H,17-20H2,1-2H3,(H,35,41). The van der Waals surface area contributed by atoms with Crippen molar-refractivity contribution in [1.82, 2.24) is 30.0 Å². The molecule has 0 bridgehead atoms. The molecule has 42 heavy (non-hydrogen) atoms. The predicted molar refractivity (Wildman–Crippen MR) is 158 cm³/mol. The normalized spacial score (nSPS) is 13.3. The Kier molecular flexibility index (Phi) is 7.18. The van der Waals surface area contributed by atoms with Crippen LogP contribution in [0, 0.1) is 6.92 Å². The van der Waals surface area contributed by atoms with Gasteiger partial charge in [-0.05, 0) is 36.2 Å². The molecule has 10 nitrogen and oxygen atoms in total. The molecule has 210 valence electrons. The maximum atomic E-state index is 13.1. The Morgan fingerprint density at radius 3 is 2.36 bits per heavy atom. The van der Waals surface area contributed by atoms with Gasteiger partial charge in [-0.1, -0.05) is 54.6 Å². The van der Waals surface area contributed by atoms with E-state index in [2.05, 4.69) is 20.4 Å². The fourth-order valence-electron chi connectivity index (χ4n) is 5.05. The second kappa shape index (κ2) is 11.2. The Hall–Kier alpha value is -5.38.